The molecule has 0 spiro atoms. The van der Waals surface area contributed by atoms with Gasteiger partial charge in [0.2, 0.25) is 5.91 Å². The van der Waals surface area contributed by atoms with Crippen molar-refractivity contribution >= 4 is 11.9 Å². The van der Waals surface area contributed by atoms with Crippen LogP contribution < -0.4 is 4.74 Å². The molecule has 0 radical (unpaired) electrons. The molecular formula is C13H16N2O4. The minimum Gasteiger partial charge on any atom is -0.491 e. The third kappa shape index (κ3) is 3.43. The van der Waals surface area contributed by atoms with Crippen molar-refractivity contribution in [2.45, 2.75) is 25.3 Å². The Morgan fingerprint density at radius 2 is 2.37 bits per heavy atom. The van der Waals surface area contributed by atoms with E-state index >= 15 is 0 Å². The number of amides is 1. The Kier molecular flexibility index (Phi) is 4.33. The zero-order valence-electron chi connectivity index (χ0n) is 10.5. The third-order valence-corrected chi connectivity index (χ3v) is 3.08. The van der Waals surface area contributed by atoms with Crippen LogP contribution in [-0.4, -0.2) is 46.1 Å². The summed E-state index contributed by atoms with van der Waals surface area (Å²) >= 11 is 0. The molecule has 0 unspecified atom stereocenters. The van der Waals surface area contributed by atoms with Crippen molar-refractivity contribution in [3.63, 3.8) is 0 Å². The lowest BCUT2D eigenvalue weighted by molar-refractivity contribution is -0.148. The van der Waals surface area contributed by atoms with Gasteiger partial charge in [-0.15, -0.1) is 0 Å². The molecule has 1 amide bonds. The summed E-state index contributed by atoms with van der Waals surface area (Å²) in [5.74, 6) is -0.501. The highest BCUT2D eigenvalue weighted by Crippen LogP contribution is 2.18. The maximum atomic E-state index is 11.9. The lowest BCUT2D eigenvalue weighted by atomic mass is 10.2. The molecule has 6 heteroatoms. The largest absolute Gasteiger partial charge is 0.491 e. The summed E-state index contributed by atoms with van der Waals surface area (Å²) in [6, 6.07) is 2.83. The molecule has 2 rings (SSSR count). The molecule has 1 N–H and O–H groups in total. The Labute approximate surface area is 111 Å². The molecule has 1 saturated heterocycles. The van der Waals surface area contributed by atoms with Crippen LogP contribution in [0.4, 0.5) is 0 Å². The number of carboxylic acid groups (broad SMARTS) is 1. The maximum Gasteiger partial charge on any atom is 0.326 e. The maximum absolute atomic E-state index is 11.9. The number of nitrogens with zero attached hydrogens (tertiary/aromatic N) is 2. The highest BCUT2D eigenvalue weighted by molar-refractivity contribution is 5.84. The quantitative estimate of drug-likeness (QED) is 0.855. The lowest BCUT2D eigenvalue weighted by Crippen LogP contribution is -2.40. The molecule has 0 aromatic carbocycles. The van der Waals surface area contributed by atoms with E-state index in [0.29, 0.717) is 18.7 Å². The number of pyridine rings is 1. The van der Waals surface area contributed by atoms with Crippen molar-refractivity contribution in [1.29, 1.82) is 0 Å². The number of hydrogen-bond acceptors (Lipinski definition) is 4. The second kappa shape index (κ2) is 6.17. The molecule has 1 fully saturated rings. The van der Waals surface area contributed by atoms with Crippen LogP contribution in [0, 0.1) is 0 Å². The van der Waals surface area contributed by atoms with Gasteiger partial charge < -0.3 is 14.7 Å². The average molecular weight is 264 g/mol. The van der Waals surface area contributed by atoms with Crippen molar-refractivity contribution in [3.8, 4) is 5.75 Å². The molecule has 6 nitrogen and oxygen atoms in total. The van der Waals surface area contributed by atoms with E-state index in [9.17, 15) is 9.59 Å². The van der Waals surface area contributed by atoms with E-state index in [1.807, 2.05) is 0 Å². The van der Waals surface area contributed by atoms with Gasteiger partial charge in [-0.2, -0.15) is 0 Å². The summed E-state index contributed by atoms with van der Waals surface area (Å²) in [6.07, 6.45) is 4.66. The Morgan fingerprint density at radius 1 is 1.53 bits per heavy atom. The molecule has 0 saturated carbocycles. The predicted molar refractivity (Wildman–Crippen MR) is 66.7 cm³/mol. The zero-order valence-corrected chi connectivity index (χ0v) is 10.5. The molecule has 1 atom stereocenters. The summed E-state index contributed by atoms with van der Waals surface area (Å²) in [6.45, 7) is 0.746. The highest BCUT2D eigenvalue weighted by Gasteiger charge is 2.33. The van der Waals surface area contributed by atoms with Crippen molar-refractivity contribution in [3.05, 3.63) is 24.5 Å². The van der Waals surface area contributed by atoms with Crippen LogP contribution in [-0.2, 0) is 9.59 Å². The molecule has 102 valence electrons. The molecule has 19 heavy (non-hydrogen) atoms. The number of carbonyl (C=O) groups is 2. The summed E-state index contributed by atoms with van der Waals surface area (Å²) in [4.78, 5) is 28.2. The first-order chi connectivity index (χ1) is 9.18. The minimum absolute atomic E-state index is 0.172. The first-order valence-corrected chi connectivity index (χ1v) is 6.23. The fraction of sp³-hybridized carbons (Fsp3) is 0.462. The monoisotopic (exact) mass is 264 g/mol. The number of aliphatic carboxylic acids is 1. The van der Waals surface area contributed by atoms with Gasteiger partial charge in [-0.05, 0) is 25.0 Å². The normalized spacial score (nSPS) is 18.3. The molecule has 1 aliphatic heterocycles. The SMILES string of the molecule is O=C(O)[C@@H]1CCCN1C(=O)CCOc1cccnc1. The van der Waals surface area contributed by atoms with Crippen molar-refractivity contribution in [2.24, 2.45) is 0 Å². The van der Waals surface area contributed by atoms with Crippen molar-refractivity contribution in [1.82, 2.24) is 9.88 Å². The van der Waals surface area contributed by atoms with E-state index in [0.717, 1.165) is 6.42 Å². The van der Waals surface area contributed by atoms with E-state index in [2.05, 4.69) is 4.98 Å². The fourth-order valence-electron chi connectivity index (χ4n) is 2.15. The Hall–Kier alpha value is -2.11. The van der Waals surface area contributed by atoms with Crippen LogP contribution in [0.5, 0.6) is 5.75 Å². The molecular weight excluding hydrogens is 248 g/mol. The van der Waals surface area contributed by atoms with Gasteiger partial charge in [0.25, 0.3) is 0 Å². The van der Waals surface area contributed by atoms with E-state index < -0.39 is 12.0 Å². The molecule has 2 heterocycles. The summed E-state index contributed by atoms with van der Waals surface area (Å²) < 4.78 is 5.37. The van der Waals surface area contributed by atoms with E-state index in [4.69, 9.17) is 9.84 Å². The number of carbonyl (C=O) groups excluding carboxylic acids is 1. The van der Waals surface area contributed by atoms with Crippen LogP contribution >= 0.6 is 0 Å². The number of rotatable bonds is 5. The Morgan fingerprint density at radius 3 is 3.05 bits per heavy atom. The van der Waals surface area contributed by atoms with Gasteiger partial charge in [0.05, 0.1) is 19.2 Å². The van der Waals surface area contributed by atoms with Gasteiger partial charge in [-0.1, -0.05) is 0 Å². The zero-order chi connectivity index (χ0) is 13.7. The van der Waals surface area contributed by atoms with Gasteiger partial charge >= 0.3 is 5.97 Å². The second-order valence-corrected chi connectivity index (χ2v) is 4.37. The van der Waals surface area contributed by atoms with Gasteiger partial charge in [0, 0.05) is 12.7 Å². The standard InChI is InChI=1S/C13H16N2O4/c16-12(15-7-2-4-11(15)13(17)18)5-8-19-10-3-1-6-14-9-10/h1,3,6,9,11H,2,4-5,7-8H2,(H,17,18)/t11-/m0/s1. The van der Waals surface area contributed by atoms with Crippen LogP contribution in [0.25, 0.3) is 0 Å². The van der Waals surface area contributed by atoms with Gasteiger partial charge in [0.1, 0.15) is 11.8 Å². The van der Waals surface area contributed by atoms with Gasteiger partial charge in [-0.25, -0.2) is 4.79 Å². The lowest BCUT2D eigenvalue weighted by Gasteiger charge is -2.21. The smallest absolute Gasteiger partial charge is 0.326 e. The molecule has 0 aliphatic carbocycles. The number of carboxylic acids is 1. The topological polar surface area (TPSA) is 79.7 Å². The minimum atomic E-state index is -0.931. The first-order valence-electron chi connectivity index (χ1n) is 6.23. The number of hydrogen-bond donors (Lipinski definition) is 1. The van der Waals surface area contributed by atoms with Crippen molar-refractivity contribution in [2.75, 3.05) is 13.2 Å². The third-order valence-electron chi connectivity index (χ3n) is 3.08. The molecule has 1 aliphatic rings. The summed E-state index contributed by atoms with van der Waals surface area (Å²) in [5, 5.41) is 9.00. The highest BCUT2D eigenvalue weighted by atomic mass is 16.5. The average Bonchev–Trinajstić information content (AvgIpc) is 2.89. The number of aromatic nitrogens is 1. The number of likely N-dealkylation sites (tertiary alicyclic amines) is 1. The van der Waals surface area contributed by atoms with Crippen LogP contribution in [0.2, 0.25) is 0 Å². The number of ether oxygens (including phenoxy) is 1. The van der Waals surface area contributed by atoms with Crippen LogP contribution in [0.15, 0.2) is 24.5 Å². The second-order valence-electron chi connectivity index (χ2n) is 4.37. The first kappa shape index (κ1) is 13.3. The Balaban J connectivity index is 1.80. The van der Waals surface area contributed by atoms with Crippen molar-refractivity contribution < 1.29 is 19.4 Å². The molecule has 0 bridgehead atoms. The Bertz CT molecular complexity index is 449. The van der Waals surface area contributed by atoms with E-state index in [-0.39, 0.29) is 18.9 Å². The fourth-order valence-corrected chi connectivity index (χ4v) is 2.15. The van der Waals surface area contributed by atoms with Gasteiger partial charge in [-0.3, -0.25) is 9.78 Å². The summed E-state index contributed by atoms with van der Waals surface area (Å²) in [5.41, 5.74) is 0. The summed E-state index contributed by atoms with van der Waals surface area (Å²) in [7, 11) is 0. The van der Waals surface area contributed by atoms with E-state index in [1.54, 1.807) is 24.5 Å². The molecule has 1 aromatic heterocycles. The van der Waals surface area contributed by atoms with Gasteiger partial charge in [0.15, 0.2) is 0 Å². The molecule has 1 aromatic rings. The van der Waals surface area contributed by atoms with Crippen LogP contribution in [0.1, 0.15) is 19.3 Å². The van der Waals surface area contributed by atoms with E-state index in [1.165, 1.54) is 4.90 Å². The van der Waals surface area contributed by atoms with Crippen LogP contribution in [0.3, 0.4) is 0 Å². The predicted octanol–water partition coefficient (Wildman–Crippen LogP) is 0.926.